The van der Waals surface area contributed by atoms with Gasteiger partial charge in [0, 0.05) is 22.6 Å². The van der Waals surface area contributed by atoms with Gasteiger partial charge in [0.15, 0.2) is 0 Å². The highest BCUT2D eigenvalue weighted by atomic mass is 16.5. The van der Waals surface area contributed by atoms with Crippen molar-refractivity contribution in [1.82, 2.24) is 5.01 Å². The molecule has 3 aromatic rings. The molecule has 5 heteroatoms. The van der Waals surface area contributed by atoms with Crippen LogP contribution in [0.2, 0.25) is 0 Å². The first-order valence-electron chi connectivity index (χ1n) is 13.3. The normalized spacial score (nSPS) is 20.2. The molecule has 0 saturated heterocycles. The number of amides is 1. The molecule has 1 aliphatic carbocycles. The van der Waals surface area contributed by atoms with E-state index in [-0.39, 0.29) is 23.3 Å². The van der Waals surface area contributed by atoms with Gasteiger partial charge in [-0.1, -0.05) is 69.3 Å². The van der Waals surface area contributed by atoms with E-state index in [1.54, 1.807) is 19.2 Å². The van der Waals surface area contributed by atoms with E-state index in [9.17, 15) is 4.79 Å². The highest BCUT2D eigenvalue weighted by Crippen LogP contribution is 2.47. The zero-order valence-electron chi connectivity index (χ0n) is 22.9. The number of methoxy groups -OCH3 is 2. The number of hydrazone groups is 1. The minimum Gasteiger partial charge on any atom is -0.496 e. The first kappa shape index (κ1) is 25.8. The van der Waals surface area contributed by atoms with Gasteiger partial charge in [0.2, 0.25) is 0 Å². The maximum atomic E-state index is 14.0. The minimum absolute atomic E-state index is 0.0164. The van der Waals surface area contributed by atoms with Gasteiger partial charge in [-0.15, -0.1) is 0 Å². The number of hydrogen-bond acceptors (Lipinski definition) is 4. The molecule has 196 valence electrons. The summed E-state index contributed by atoms with van der Waals surface area (Å²) in [6, 6.07) is 23.7. The molecule has 1 amide bonds. The molecule has 2 atom stereocenters. The second kappa shape index (κ2) is 10.5. The van der Waals surface area contributed by atoms with E-state index in [0.717, 1.165) is 53.2 Å². The fourth-order valence-electron chi connectivity index (χ4n) is 5.61. The first-order chi connectivity index (χ1) is 18.3. The molecular weight excluding hydrogens is 472 g/mol. The minimum atomic E-state index is -0.239. The van der Waals surface area contributed by atoms with Crippen LogP contribution in [0.25, 0.3) is 6.08 Å². The summed E-state index contributed by atoms with van der Waals surface area (Å²) < 4.78 is 11.4. The van der Waals surface area contributed by atoms with Crippen molar-refractivity contribution in [3.8, 4) is 11.5 Å². The number of nitrogens with zero attached hydrogens (tertiary/aromatic N) is 2. The van der Waals surface area contributed by atoms with Gasteiger partial charge in [-0.05, 0) is 66.2 Å². The summed E-state index contributed by atoms with van der Waals surface area (Å²) in [6.07, 6.45) is 5.07. The molecule has 3 aromatic carbocycles. The van der Waals surface area contributed by atoms with Crippen molar-refractivity contribution in [2.45, 2.75) is 51.5 Å². The third-order valence-corrected chi connectivity index (χ3v) is 7.63. The zero-order valence-corrected chi connectivity index (χ0v) is 22.9. The Bertz CT molecular complexity index is 1380. The average molecular weight is 509 g/mol. The number of allylic oxidation sites excluding steroid dienone is 1. The van der Waals surface area contributed by atoms with Crippen LogP contribution in [0.5, 0.6) is 11.5 Å². The molecule has 0 unspecified atom stereocenters. The van der Waals surface area contributed by atoms with E-state index < -0.39 is 0 Å². The monoisotopic (exact) mass is 508 g/mol. The molecule has 0 radical (unpaired) electrons. The molecule has 2 aliphatic rings. The van der Waals surface area contributed by atoms with E-state index in [0.29, 0.717) is 5.56 Å². The topological polar surface area (TPSA) is 51.1 Å². The van der Waals surface area contributed by atoms with Gasteiger partial charge in [-0.25, -0.2) is 5.01 Å². The van der Waals surface area contributed by atoms with Gasteiger partial charge in [-0.2, -0.15) is 5.10 Å². The fraction of sp³-hybridized carbons (Fsp3) is 0.333. The van der Waals surface area contributed by atoms with Crippen LogP contribution in [-0.4, -0.2) is 30.8 Å². The van der Waals surface area contributed by atoms with Crippen molar-refractivity contribution in [2.24, 2.45) is 11.0 Å². The van der Waals surface area contributed by atoms with Crippen LogP contribution in [0.3, 0.4) is 0 Å². The van der Waals surface area contributed by atoms with Crippen molar-refractivity contribution in [2.75, 3.05) is 14.2 Å². The second-order valence-corrected chi connectivity index (χ2v) is 11.1. The predicted octanol–water partition coefficient (Wildman–Crippen LogP) is 7.44. The van der Waals surface area contributed by atoms with E-state index in [1.165, 1.54) is 5.56 Å². The summed E-state index contributed by atoms with van der Waals surface area (Å²) in [5.41, 5.74) is 5.99. The maximum absolute atomic E-state index is 14.0. The Labute approximate surface area is 225 Å². The molecule has 0 bridgehead atoms. The maximum Gasteiger partial charge on any atom is 0.274 e. The SMILES string of the molecule is COc1ccccc1/C=C1\CCC[C@@H]2C1=NN(C(=O)c1ccc(C(C)(C)C)cc1)[C@@H]2c1ccccc1OC. The molecule has 1 fully saturated rings. The summed E-state index contributed by atoms with van der Waals surface area (Å²) in [6.45, 7) is 6.52. The second-order valence-electron chi connectivity index (χ2n) is 11.1. The highest BCUT2D eigenvalue weighted by molar-refractivity contribution is 6.09. The van der Waals surface area contributed by atoms with Crippen LogP contribution >= 0.6 is 0 Å². The molecule has 1 heterocycles. The van der Waals surface area contributed by atoms with Gasteiger partial charge >= 0.3 is 0 Å². The van der Waals surface area contributed by atoms with E-state index >= 15 is 0 Å². The molecule has 5 nitrogen and oxygen atoms in total. The van der Waals surface area contributed by atoms with Crippen LogP contribution in [-0.2, 0) is 5.41 Å². The van der Waals surface area contributed by atoms with Gasteiger partial charge in [0.1, 0.15) is 11.5 Å². The van der Waals surface area contributed by atoms with Gasteiger partial charge in [0.05, 0.1) is 26.0 Å². The molecule has 38 heavy (non-hydrogen) atoms. The van der Waals surface area contributed by atoms with Gasteiger partial charge in [-0.3, -0.25) is 4.79 Å². The number of para-hydroxylation sites is 2. The predicted molar refractivity (Wildman–Crippen MR) is 153 cm³/mol. The number of rotatable bonds is 5. The third kappa shape index (κ3) is 4.85. The largest absolute Gasteiger partial charge is 0.496 e. The summed E-state index contributed by atoms with van der Waals surface area (Å²) in [4.78, 5) is 14.0. The van der Waals surface area contributed by atoms with Crippen molar-refractivity contribution in [1.29, 1.82) is 0 Å². The average Bonchev–Trinajstić information content (AvgIpc) is 3.33. The highest BCUT2D eigenvalue weighted by Gasteiger charge is 2.45. The summed E-state index contributed by atoms with van der Waals surface area (Å²) in [5.74, 6) is 1.59. The lowest BCUT2D eigenvalue weighted by Gasteiger charge is -2.30. The van der Waals surface area contributed by atoms with E-state index in [1.807, 2.05) is 48.5 Å². The molecule has 1 saturated carbocycles. The van der Waals surface area contributed by atoms with E-state index in [2.05, 4.69) is 51.1 Å². The Hall–Kier alpha value is -3.86. The molecular formula is C33H36N2O3. The van der Waals surface area contributed by atoms with Crippen molar-refractivity contribution >= 4 is 17.7 Å². The van der Waals surface area contributed by atoms with Crippen LogP contribution in [0.4, 0.5) is 0 Å². The lowest BCUT2D eigenvalue weighted by Crippen LogP contribution is -2.32. The van der Waals surface area contributed by atoms with Crippen molar-refractivity contribution < 1.29 is 14.3 Å². The lowest BCUT2D eigenvalue weighted by atomic mass is 9.77. The Morgan fingerprint density at radius 3 is 2.26 bits per heavy atom. The number of carbonyl (C=O) groups is 1. The van der Waals surface area contributed by atoms with Crippen LogP contribution < -0.4 is 9.47 Å². The zero-order chi connectivity index (χ0) is 26.9. The number of hydrogen-bond donors (Lipinski definition) is 0. The Balaban J connectivity index is 1.59. The number of carbonyl (C=O) groups excluding carboxylic acids is 1. The van der Waals surface area contributed by atoms with Crippen molar-refractivity contribution in [3.05, 3.63) is 101 Å². The fourth-order valence-corrected chi connectivity index (χ4v) is 5.61. The Morgan fingerprint density at radius 1 is 0.921 bits per heavy atom. The molecule has 0 spiro atoms. The number of benzene rings is 3. The number of fused-ring (bicyclic) bond motifs is 1. The van der Waals surface area contributed by atoms with Crippen LogP contribution in [0.15, 0.2) is 83.5 Å². The molecule has 0 aromatic heterocycles. The Kier molecular flexibility index (Phi) is 7.11. The molecule has 1 aliphatic heterocycles. The van der Waals surface area contributed by atoms with Crippen LogP contribution in [0, 0.1) is 5.92 Å². The standard InChI is InChI=1S/C33H36N2O3/c1-33(2,3)25-19-17-22(18-20-25)32(36)35-31(26-13-7-9-16-29(26)38-5)27-14-10-12-24(30(27)34-35)21-23-11-6-8-15-28(23)37-4/h6-9,11,13,15-21,27,31H,10,12,14H2,1-5H3/b24-21+/t27-,31-/m1/s1. The first-order valence-corrected chi connectivity index (χ1v) is 13.3. The van der Waals surface area contributed by atoms with E-state index in [4.69, 9.17) is 14.6 Å². The summed E-state index contributed by atoms with van der Waals surface area (Å²) >= 11 is 0. The van der Waals surface area contributed by atoms with Gasteiger partial charge < -0.3 is 9.47 Å². The van der Waals surface area contributed by atoms with Crippen LogP contribution in [0.1, 0.15) is 73.1 Å². The summed E-state index contributed by atoms with van der Waals surface area (Å²) in [5, 5.41) is 6.76. The van der Waals surface area contributed by atoms with Crippen molar-refractivity contribution in [3.63, 3.8) is 0 Å². The third-order valence-electron chi connectivity index (χ3n) is 7.63. The Morgan fingerprint density at radius 2 is 1.58 bits per heavy atom. The molecule has 0 N–H and O–H groups in total. The smallest absolute Gasteiger partial charge is 0.274 e. The summed E-state index contributed by atoms with van der Waals surface area (Å²) in [7, 11) is 3.37. The number of ether oxygens (including phenoxy) is 2. The quantitative estimate of drug-likeness (QED) is 0.360. The van der Waals surface area contributed by atoms with Gasteiger partial charge in [0.25, 0.3) is 5.91 Å². The lowest BCUT2D eigenvalue weighted by molar-refractivity contribution is 0.0678. The molecule has 5 rings (SSSR count).